The summed E-state index contributed by atoms with van der Waals surface area (Å²) in [7, 11) is -4.16. The van der Waals surface area contributed by atoms with Crippen molar-refractivity contribution in [2.24, 2.45) is 0 Å². The third kappa shape index (κ3) is 4.67. The number of carbonyl (C=O) groups excluding carboxylic acids is 3. The smallest absolute Gasteiger partial charge is 0.269 e. The standard InChI is InChI=1S/C24H26ClN3O5S/c1-16(23(30)26-18-9-3-4-10-18)27(14-17-8-2-6-12-20(17)25)22(29)15-28-24(31)19-11-5-7-13-21(19)34(28,32)33/h2,5-8,11-13,16,18H,3-4,9-10,14-15H2,1H3,(H,26,30)/t16-/m1/s1. The van der Waals surface area contributed by atoms with Crippen LogP contribution in [0.5, 0.6) is 0 Å². The van der Waals surface area contributed by atoms with E-state index in [1.165, 1.54) is 23.1 Å². The average molecular weight is 504 g/mol. The second-order valence-electron chi connectivity index (χ2n) is 8.59. The van der Waals surface area contributed by atoms with Crippen LogP contribution < -0.4 is 5.32 Å². The van der Waals surface area contributed by atoms with Crippen molar-refractivity contribution in [3.05, 3.63) is 64.7 Å². The van der Waals surface area contributed by atoms with Crippen LogP contribution in [0.3, 0.4) is 0 Å². The van der Waals surface area contributed by atoms with Gasteiger partial charge in [-0.2, -0.15) is 0 Å². The Morgan fingerprint density at radius 1 is 1.12 bits per heavy atom. The van der Waals surface area contributed by atoms with Gasteiger partial charge in [-0.25, -0.2) is 12.7 Å². The number of hydrogen-bond donors (Lipinski definition) is 1. The number of rotatable bonds is 7. The maximum Gasteiger partial charge on any atom is 0.269 e. The maximum atomic E-state index is 13.4. The zero-order valence-corrected chi connectivity index (χ0v) is 20.3. The monoisotopic (exact) mass is 503 g/mol. The van der Waals surface area contributed by atoms with Gasteiger partial charge in [-0.05, 0) is 43.5 Å². The fraction of sp³-hybridized carbons (Fsp3) is 0.375. The predicted octanol–water partition coefficient (Wildman–Crippen LogP) is 2.96. The summed E-state index contributed by atoms with van der Waals surface area (Å²) in [6, 6.07) is 11.9. The van der Waals surface area contributed by atoms with Crippen LogP contribution in [0.15, 0.2) is 53.4 Å². The van der Waals surface area contributed by atoms with Gasteiger partial charge >= 0.3 is 0 Å². The van der Waals surface area contributed by atoms with Crippen molar-refractivity contribution in [3.63, 3.8) is 0 Å². The van der Waals surface area contributed by atoms with Crippen LogP contribution in [0, 0.1) is 0 Å². The van der Waals surface area contributed by atoms with E-state index >= 15 is 0 Å². The molecule has 0 aromatic heterocycles. The molecule has 34 heavy (non-hydrogen) atoms. The zero-order valence-electron chi connectivity index (χ0n) is 18.7. The minimum atomic E-state index is -4.16. The largest absolute Gasteiger partial charge is 0.352 e. The van der Waals surface area contributed by atoms with E-state index in [1.54, 1.807) is 37.3 Å². The van der Waals surface area contributed by atoms with Crippen LogP contribution in [0.1, 0.15) is 48.5 Å². The molecule has 10 heteroatoms. The van der Waals surface area contributed by atoms with Gasteiger partial charge in [0.1, 0.15) is 17.5 Å². The second-order valence-corrected chi connectivity index (χ2v) is 10.8. The SMILES string of the molecule is C[C@H](C(=O)NC1CCCC1)N(Cc1ccccc1Cl)C(=O)CN1C(=O)c2ccccc2S1(=O)=O. The van der Waals surface area contributed by atoms with Gasteiger partial charge in [-0.1, -0.05) is 54.8 Å². The molecule has 1 aliphatic heterocycles. The van der Waals surface area contributed by atoms with E-state index in [2.05, 4.69) is 5.32 Å². The maximum absolute atomic E-state index is 13.4. The Kier molecular flexibility index (Phi) is 6.95. The van der Waals surface area contributed by atoms with E-state index in [0.717, 1.165) is 25.7 Å². The molecule has 0 spiro atoms. The van der Waals surface area contributed by atoms with Crippen LogP contribution in [0.4, 0.5) is 0 Å². The van der Waals surface area contributed by atoms with Crippen LogP contribution in [0.2, 0.25) is 5.02 Å². The van der Waals surface area contributed by atoms with Crippen molar-refractivity contribution in [1.29, 1.82) is 0 Å². The number of hydrogen-bond acceptors (Lipinski definition) is 5. The Labute approximate surface area is 203 Å². The summed E-state index contributed by atoms with van der Waals surface area (Å²) >= 11 is 6.30. The van der Waals surface area contributed by atoms with E-state index in [-0.39, 0.29) is 29.0 Å². The van der Waals surface area contributed by atoms with E-state index in [9.17, 15) is 22.8 Å². The van der Waals surface area contributed by atoms with Gasteiger partial charge in [-0.15, -0.1) is 0 Å². The minimum Gasteiger partial charge on any atom is -0.352 e. The minimum absolute atomic E-state index is 0.00716. The van der Waals surface area contributed by atoms with Gasteiger partial charge in [0.15, 0.2) is 0 Å². The molecular formula is C24H26ClN3O5S. The van der Waals surface area contributed by atoms with Crippen molar-refractivity contribution in [2.75, 3.05) is 6.54 Å². The predicted molar refractivity (Wildman–Crippen MR) is 127 cm³/mol. The van der Waals surface area contributed by atoms with Gasteiger partial charge in [0, 0.05) is 17.6 Å². The Bertz CT molecular complexity index is 1230. The fourth-order valence-electron chi connectivity index (χ4n) is 4.39. The molecule has 8 nitrogen and oxygen atoms in total. The molecule has 1 saturated carbocycles. The van der Waals surface area contributed by atoms with Crippen molar-refractivity contribution in [1.82, 2.24) is 14.5 Å². The second kappa shape index (κ2) is 9.76. The first-order valence-corrected chi connectivity index (χ1v) is 13.0. The molecule has 1 atom stereocenters. The Morgan fingerprint density at radius 3 is 2.44 bits per heavy atom. The van der Waals surface area contributed by atoms with Gasteiger partial charge in [-0.3, -0.25) is 14.4 Å². The van der Waals surface area contributed by atoms with E-state index in [0.29, 0.717) is 14.9 Å². The number of fused-ring (bicyclic) bond motifs is 1. The lowest BCUT2D eigenvalue weighted by Crippen LogP contribution is -2.52. The van der Waals surface area contributed by atoms with Crippen LogP contribution >= 0.6 is 11.6 Å². The molecule has 2 aromatic rings. The van der Waals surface area contributed by atoms with Crippen LogP contribution in [-0.4, -0.2) is 54.0 Å². The van der Waals surface area contributed by atoms with Crippen LogP contribution in [0.25, 0.3) is 0 Å². The normalized spacial score (nSPS) is 17.9. The number of amides is 3. The van der Waals surface area contributed by atoms with E-state index < -0.39 is 34.4 Å². The Balaban J connectivity index is 1.59. The summed E-state index contributed by atoms with van der Waals surface area (Å²) in [5, 5.41) is 3.40. The van der Waals surface area contributed by atoms with Crippen LogP contribution in [-0.2, 0) is 26.2 Å². The third-order valence-corrected chi connectivity index (χ3v) is 8.51. The molecule has 1 heterocycles. The van der Waals surface area contributed by atoms with Gasteiger partial charge < -0.3 is 10.2 Å². The van der Waals surface area contributed by atoms with Gasteiger partial charge in [0.25, 0.3) is 15.9 Å². The van der Waals surface area contributed by atoms with Gasteiger partial charge in [0.05, 0.1) is 5.56 Å². The number of nitrogens with one attached hydrogen (secondary N) is 1. The summed E-state index contributed by atoms with van der Waals surface area (Å²) in [4.78, 5) is 40.4. The quantitative estimate of drug-likeness (QED) is 0.625. The highest BCUT2D eigenvalue weighted by molar-refractivity contribution is 7.90. The molecule has 0 unspecified atom stereocenters. The molecular weight excluding hydrogens is 478 g/mol. The topological polar surface area (TPSA) is 104 Å². The number of sulfonamides is 1. The summed E-state index contributed by atoms with van der Waals surface area (Å²) in [6.07, 6.45) is 3.85. The number of benzene rings is 2. The van der Waals surface area contributed by atoms with Crippen molar-refractivity contribution in [2.45, 2.75) is 56.1 Å². The highest BCUT2D eigenvalue weighted by Crippen LogP contribution is 2.30. The lowest BCUT2D eigenvalue weighted by atomic mass is 10.1. The molecule has 4 rings (SSSR count). The lowest BCUT2D eigenvalue weighted by Gasteiger charge is -2.31. The van der Waals surface area contributed by atoms with Gasteiger partial charge in [0.2, 0.25) is 11.8 Å². The zero-order chi connectivity index (χ0) is 24.5. The summed E-state index contributed by atoms with van der Waals surface area (Å²) < 4.78 is 26.4. The molecule has 1 N–H and O–H groups in total. The first-order chi connectivity index (χ1) is 16.2. The Hall–Kier alpha value is -2.91. The molecule has 180 valence electrons. The highest BCUT2D eigenvalue weighted by atomic mass is 35.5. The van der Waals surface area contributed by atoms with E-state index in [4.69, 9.17) is 11.6 Å². The first-order valence-electron chi connectivity index (χ1n) is 11.2. The lowest BCUT2D eigenvalue weighted by molar-refractivity contribution is -0.140. The molecule has 0 radical (unpaired) electrons. The molecule has 1 fully saturated rings. The van der Waals surface area contributed by atoms with E-state index in [1.807, 2.05) is 0 Å². The molecule has 0 bridgehead atoms. The number of carbonyl (C=O) groups is 3. The van der Waals surface area contributed by atoms with Crippen molar-refractivity contribution < 1.29 is 22.8 Å². The van der Waals surface area contributed by atoms with Crippen molar-refractivity contribution in [3.8, 4) is 0 Å². The summed E-state index contributed by atoms with van der Waals surface area (Å²) in [6.45, 7) is 0.877. The highest BCUT2D eigenvalue weighted by Gasteiger charge is 2.43. The first kappa shape index (κ1) is 24.2. The molecule has 2 aliphatic rings. The molecule has 0 saturated heterocycles. The number of nitrogens with zero attached hydrogens (tertiary/aromatic N) is 2. The fourth-order valence-corrected chi connectivity index (χ4v) is 6.10. The molecule has 1 aliphatic carbocycles. The number of halogens is 1. The summed E-state index contributed by atoms with van der Waals surface area (Å²) in [5.74, 6) is -1.75. The average Bonchev–Trinajstić information content (AvgIpc) is 3.39. The molecule has 2 aromatic carbocycles. The summed E-state index contributed by atoms with van der Waals surface area (Å²) in [5.41, 5.74) is 0.636. The Morgan fingerprint density at radius 2 is 1.76 bits per heavy atom. The van der Waals surface area contributed by atoms with Crippen molar-refractivity contribution >= 4 is 39.3 Å². The molecule has 3 amide bonds. The third-order valence-electron chi connectivity index (χ3n) is 6.36.